The van der Waals surface area contributed by atoms with E-state index >= 15 is 0 Å². The van der Waals surface area contributed by atoms with E-state index in [1.807, 2.05) is 7.05 Å². The van der Waals surface area contributed by atoms with Crippen molar-refractivity contribution in [3.05, 3.63) is 76.6 Å². The van der Waals surface area contributed by atoms with Gasteiger partial charge in [0, 0.05) is 49.0 Å². The molecule has 3 heterocycles. The Labute approximate surface area is 196 Å². The SMILES string of the molecule is CNCc1ccc(C2CNc3cc(F)cc4c3C(=NCC4=O)C2c2ncnn2CCCO)cc1. The van der Waals surface area contributed by atoms with Gasteiger partial charge in [0.1, 0.15) is 24.5 Å². The number of ketones is 1. The maximum Gasteiger partial charge on any atom is 0.185 e. The fraction of sp³-hybridized carbons (Fsp3) is 0.360. The highest BCUT2D eigenvalue weighted by atomic mass is 19.1. The summed E-state index contributed by atoms with van der Waals surface area (Å²) in [5, 5.41) is 20.3. The molecule has 3 N–H and O–H groups in total. The Balaban J connectivity index is 1.67. The molecule has 0 saturated heterocycles. The number of carbonyl (C=O) groups excluding carboxylic acids is 1. The van der Waals surface area contributed by atoms with Crippen LogP contribution in [0.1, 0.15) is 51.1 Å². The second kappa shape index (κ2) is 9.44. The van der Waals surface area contributed by atoms with Gasteiger partial charge in [0.25, 0.3) is 0 Å². The van der Waals surface area contributed by atoms with Crippen LogP contribution in [0, 0.1) is 5.82 Å². The van der Waals surface area contributed by atoms with Crippen molar-refractivity contribution in [2.24, 2.45) is 4.99 Å². The summed E-state index contributed by atoms with van der Waals surface area (Å²) in [4.78, 5) is 22.0. The van der Waals surface area contributed by atoms with Crippen LogP contribution in [0.25, 0.3) is 0 Å². The Morgan fingerprint density at radius 3 is 2.85 bits per heavy atom. The number of anilines is 1. The summed E-state index contributed by atoms with van der Waals surface area (Å²) in [5.74, 6) is -0.320. The molecule has 176 valence electrons. The van der Waals surface area contributed by atoms with Crippen LogP contribution < -0.4 is 10.6 Å². The third kappa shape index (κ3) is 4.01. The molecule has 0 fully saturated rings. The van der Waals surface area contributed by atoms with E-state index < -0.39 is 5.82 Å². The van der Waals surface area contributed by atoms with Crippen molar-refractivity contribution >= 4 is 17.2 Å². The highest BCUT2D eigenvalue weighted by Gasteiger charge is 2.40. The van der Waals surface area contributed by atoms with Gasteiger partial charge in [0.2, 0.25) is 0 Å². The number of carbonyl (C=O) groups is 1. The van der Waals surface area contributed by atoms with Crippen molar-refractivity contribution in [2.75, 3.05) is 32.1 Å². The summed E-state index contributed by atoms with van der Waals surface area (Å²) in [5.41, 5.74) is 4.55. The molecule has 2 aliphatic heterocycles. The first-order chi connectivity index (χ1) is 16.6. The first-order valence-corrected chi connectivity index (χ1v) is 11.5. The number of nitrogens with one attached hydrogen (secondary N) is 2. The van der Waals surface area contributed by atoms with Gasteiger partial charge in [-0.2, -0.15) is 5.10 Å². The average molecular weight is 463 g/mol. The van der Waals surface area contributed by atoms with E-state index in [0.717, 1.165) is 23.6 Å². The monoisotopic (exact) mass is 462 g/mol. The maximum absolute atomic E-state index is 14.4. The minimum atomic E-state index is -0.451. The molecule has 34 heavy (non-hydrogen) atoms. The van der Waals surface area contributed by atoms with Gasteiger partial charge in [-0.1, -0.05) is 24.3 Å². The molecule has 2 unspecified atom stereocenters. The Morgan fingerprint density at radius 2 is 2.09 bits per heavy atom. The largest absolute Gasteiger partial charge is 0.396 e. The number of aromatic nitrogens is 3. The molecule has 2 aliphatic rings. The molecule has 0 bridgehead atoms. The zero-order valence-corrected chi connectivity index (χ0v) is 19.0. The molecule has 5 rings (SSSR count). The lowest BCUT2D eigenvalue weighted by Gasteiger charge is -2.28. The number of hydrogen-bond acceptors (Lipinski definition) is 7. The molecule has 1 aromatic heterocycles. The zero-order chi connectivity index (χ0) is 23.7. The van der Waals surface area contributed by atoms with E-state index in [9.17, 15) is 14.3 Å². The van der Waals surface area contributed by atoms with Crippen molar-refractivity contribution in [1.29, 1.82) is 0 Å². The molecular weight excluding hydrogens is 435 g/mol. The molecule has 0 radical (unpaired) electrons. The topological polar surface area (TPSA) is 104 Å². The highest BCUT2D eigenvalue weighted by Crippen LogP contribution is 2.42. The number of halogens is 1. The number of benzene rings is 2. The van der Waals surface area contributed by atoms with Crippen LogP contribution in [0.4, 0.5) is 10.1 Å². The lowest BCUT2D eigenvalue weighted by molar-refractivity contribution is 0.0999. The van der Waals surface area contributed by atoms with Crippen molar-refractivity contribution < 1.29 is 14.3 Å². The van der Waals surface area contributed by atoms with Crippen molar-refractivity contribution in [3.63, 3.8) is 0 Å². The molecule has 0 amide bonds. The quantitative estimate of drug-likeness (QED) is 0.498. The van der Waals surface area contributed by atoms with Crippen LogP contribution >= 0.6 is 0 Å². The molecule has 2 aromatic carbocycles. The number of nitrogens with zero attached hydrogens (tertiary/aromatic N) is 4. The van der Waals surface area contributed by atoms with Gasteiger partial charge in [-0.25, -0.2) is 14.1 Å². The summed E-state index contributed by atoms with van der Waals surface area (Å²) in [7, 11) is 1.91. The fourth-order valence-electron chi connectivity index (χ4n) is 4.95. The lowest BCUT2D eigenvalue weighted by atomic mass is 9.78. The second-order valence-corrected chi connectivity index (χ2v) is 8.66. The summed E-state index contributed by atoms with van der Waals surface area (Å²) in [6, 6.07) is 11.1. The van der Waals surface area contributed by atoms with Gasteiger partial charge < -0.3 is 15.7 Å². The zero-order valence-electron chi connectivity index (χ0n) is 19.0. The van der Waals surface area contributed by atoms with E-state index in [-0.39, 0.29) is 30.8 Å². The average Bonchev–Trinajstić information content (AvgIpc) is 3.23. The van der Waals surface area contributed by atoms with Crippen molar-refractivity contribution in [1.82, 2.24) is 20.1 Å². The van der Waals surface area contributed by atoms with Gasteiger partial charge in [-0.05, 0) is 36.7 Å². The third-order valence-corrected chi connectivity index (χ3v) is 6.50. The van der Waals surface area contributed by atoms with E-state index in [2.05, 4.69) is 45.0 Å². The van der Waals surface area contributed by atoms with Gasteiger partial charge >= 0.3 is 0 Å². The first kappa shape index (κ1) is 22.4. The normalized spacial score (nSPS) is 19.3. The summed E-state index contributed by atoms with van der Waals surface area (Å²) >= 11 is 0. The Morgan fingerprint density at radius 1 is 1.26 bits per heavy atom. The number of aliphatic hydroxyl groups is 1. The Hall–Kier alpha value is -3.43. The molecule has 8 nitrogen and oxygen atoms in total. The molecule has 0 spiro atoms. The van der Waals surface area contributed by atoms with Crippen LogP contribution in [0.5, 0.6) is 0 Å². The fourth-order valence-corrected chi connectivity index (χ4v) is 4.95. The van der Waals surface area contributed by atoms with Crippen LogP contribution in [0.3, 0.4) is 0 Å². The summed E-state index contributed by atoms with van der Waals surface area (Å²) < 4.78 is 16.2. The van der Waals surface area contributed by atoms with Crippen LogP contribution in [0.15, 0.2) is 47.7 Å². The predicted octanol–water partition coefficient (Wildman–Crippen LogP) is 2.50. The maximum atomic E-state index is 14.4. The summed E-state index contributed by atoms with van der Waals surface area (Å²) in [6.45, 7) is 1.81. The minimum absolute atomic E-state index is 0.0274. The van der Waals surface area contributed by atoms with Gasteiger partial charge in [0.15, 0.2) is 5.78 Å². The van der Waals surface area contributed by atoms with E-state index in [0.29, 0.717) is 36.3 Å². The van der Waals surface area contributed by atoms with Crippen LogP contribution in [-0.2, 0) is 13.1 Å². The predicted molar refractivity (Wildman–Crippen MR) is 127 cm³/mol. The van der Waals surface area contributed by atoms with Crippen LogP contribution in [-0.4, -0.2) is 58.1 Å². The number of aryl methyl sites for hydroxylation is 1. The summed E-state index contributed by atoms with van der Waals surface area (Å²) in [6.07, 6.45) is 2.06. The molecular formula is C25H27FN6O2. The lowest BCUT2D eigenvalue weighted by Crippen LogP contribution is -2.30. The second-order valence-electron chi connectivity index (χ2n) is 8.66. The standard InChI is InChI=1S/C25H27FN6O2/c1-27-11-15-3-5-16(6-4-15)19-12-28-20-10-17(26)9-18-21(34)13-29-24(22(18)20)23(19)25-30-14-31-32(25)7-2-8-33/h3-6,9-10,14,19,23,27-28,33H,2,7-8,11-13H2,1H3. The number of hydrogen-bond donors (Lipinski definition) is 3. The van der Waals surface area contributed by atoms with Gasteiger partial charge in [-0.15, -0.1) is 0 Å². The molecule has 0 aliphatic carbocycles. The molecule has 3 aromatic rings. The molecule has 2 atom stereocenters. The smallest absolute Gasteiger partial charge is 0.185 e. The highest BCUT2D eigenvalue weighted by molar-refractivity contribution is 6.20. The van der Waals surface area contributed by atoms with Crippen molar-refractivity contribution in [2.45, 2.75) is 31.3 Å². The molecule has 9 heteroatoms. The number of rotatable bonds is 7. The van der Waals surface area contributed by atoms with E-state index in [4.69, 9.17) is 4.99 Å². The number of aliphatic imine (C=N–C) groups is 1. The Kier molecular flexibility index (Phi) is 6.21. The van der Waals surface area contributed by atoms with E-state index in [1.54, 1.807) is 4.68 Å². The van der Waals surface area contributed by atoms with E-state index in [1.165, 1.54) is 24.0 Å². The first-order valence-electron chi connectivity index (χ1n) is 11.5. The minimum Gasteiger partial charge on any atom is -0.396 e. The van der Waals surface area contributed by atoms with Gasteiger partial charge in [0.05, 0.1) is 11.6 Å². The number of aliphatic hydroxyl groups excluding tert-OH is 1. The van der Waals surface area contributed by atoms with Gasteiger partial charge in [-0.3, -0.25) is 9.79 Å². The Bertz CT molecular complexity index is 1240. The van der Waals surface area contributed by atoms with Crippen LogP contribution in [0.2, 0.25) is 0 Å². The third-order valence-electron chi connectivity index (χ3n) is 6.50. The van der Waals surface area contributed by atoms with Crippen molar-refractivity contribution in [3.8, 4) is 0 Å². The number of Topliss-reactive ketones (excluding diaryl/α,β-unsaturated/α-hetero) is 1. The molecule has 0 saturated carbocycles.